The first-order valence-corrected chi connectivity index (χ1v) is 26.1. The van der Waals surface area contributed by atoms with Crippen LogP contribution in [0.1, 0.15) is 177 Å². The van der Waals surface area contributed by atoms with Gasteiger partial charge in [-0.15, -0.1) is 0 Å². The molecule has 68 heavy (non-hydrogen) atoms. The van der Waals surface area contributed by atoms with Crippen molar-refractivity contribution in [3.8, 4) is 0 Å². The lowest BCUT2D eigenvalue weighted by atomic mass is 10.2. The summed E-state index contributed by atoms with van der Waals surface area (Å²) in [6.45, 7) is 48.7. The molecule has 6 heteroatoms. The second-order valence-electron chi connectivity index (χ2n) is 18.3. The molecule has 0 atom stereocenters. The molecule has 0 radical (unpaired) electrons. The number of nitrogens with zero attached hydrogens (tertiary/aromatic N) is 6. The third-order valence-corrected chi connectivity index (χ3v) is 8.96. The van der Waals surface area contributed by atoms with Crippen LogP contribution in [-0.2, 0) is 0 Å². The van der Waals surface area contributed by atoms with Crippen LogP contribution in [0.25, 0.3) is 65.8 Å². The molecule has 6 aromatic heterocycles. The number of benzene rings is 3. The van der Waals surface area contributed by atoms with Gasteiger partial charge in [0.15, 0.2) is 0 Å². The van der Waals surface area contributed by atoms with Gasteiger partial charge in [0, 0.05) is 69.0 Å². The summed E-state index contributed by atoms with van der Waals surface area (Å²) in [4.78, 5) is 13.5. The van der Waals surface area contributed by atoms with Crippen molar-refractivity contribution in [2.24, 2.45) is 17.8 Å². The Balaban J connectivity index is 0.000000831. The molecule has 374 valence electrons. The fraction of sp³-hybridized carbons (Fsp3) is 0.468. The molecule has 0 aliphatic rings. The quantitative estimate of drug-likeness (QED) is 0.177. The van der Waals surface area contributed by atoms with E-state index in [1.54, 1.807) is 0 Å². The number of aromatic nitrogens is 6. The van der Waals surface area contributed by atoms with E-state index in [-0.39, 0.29) is 0 Å². The third kappa shape index (κ3) is 18.2. The minimum absolute atomic E-state index is 0.428. The van der Waals surface area contributed by atoms with Crippen molar-refractivity contribution in [2.75, 3.05) is 0 Å². The van der Waals surface area contributed by atoms with Crippen LogP contribution in [-0.4, -0.2) is 28.7 Å². The maximum atomic E-state index is 4.50. The van der Waals surface area contributed by atoms with E-state index in [1.165, 1.54) is 48.9 Å². The van der Waals surface area contributed by atoms with Gasteiger partial charge in [-0.25, -0.2) is 15.0 Å². The average molecular weight is 925 g/mol. The molecule has 6 heterocycles. The van der Waals surface area contributed by atoms with E-state index in [1.807, 2.05) is 92.2 Å². The molecule has 0 spiro atoms. The van der Waals surface area contributed by atoms with Gasteiger partial charge in [0.2, 0.25) is 0 Å². The zero-order valence-electron chi connectivity index (χ0n) is 47.3. The molecule has 6 nitrogen and oxygen atoms in total. The topological polar surface area (TPSA) is 53.5 Å². The van der Waals surface area contributed by atoms with Gasteiger partial charge < -0.3 is 13.7 Å². The van der Waals surface area contributed by atoms with E-state index in [4.69, 9.17) is 0 Å². The predicted octanol–water partition coefficient (Wildman–Crippen LogP) is 20.4. The molecule has 0 aliphatic carbocycles. The summed E-state index contributed by atoms with van der Waals surface area (Å²) in [7, 11) is 0. The van der Waals surface area contributed by atoms with Crippen molar-refractivity contribution < 1.29 is 0 Å². The lowest BCUT2D eigenvalue weighted by Crippen LogP contribution is -2.00. The normalized spacial score (nSPS) is 10.2. The molecule has 0 saturated carbocycles. The van der Waals surface area contributed by atoms with Crippen molar-refractivity contribution in [1.29, 1.82) is 0 Å². The van der Waals surface area contributed by atoms with Crippen LogP contribution in [0, 0.1) is 17.8 Å². The molecule has 0 N–H and O–H groups in total. The van der Waals surface area contributed by atoms with E-state index in [9.17, 15) is 0 Å². The molecular formula is C62H96N6. The van der Waals surface area contributed by atoms with E-state index >= 15 is 0 Å². The van der Waals surface area contributed by atoms with E-state index in [0.717, 1.165) is 34.7 Å². The standard InChI is InChI=1S/3C14H14N2.3C4H10.4C2H6/c3*1-10(2)16-13-8-4-3-6-11(13)12-7-5-9-15-14(12)16;3*1-4(2)3;4*1-2/h3*3-10H,1-2H3;3*4H,1-3H3;4*1-2H3. The van der Waals surface area contributed by atoms with Crippen molar-refractivity contribution in [2.45, 2.75) is 177 Å². The summed E-state index contributed by atoms with van der Waals surface area (Å²) in [5.74, 6) is 2.50. The molecule has 0 unspecified atom stereocenters. The summed E-state index contributed by atoms with van der Waals surface area (Å²) >= 11 is 0. The SMILES string of the molecule is CC.CC.CC.CC.CC(C)C.CC(C)C.CC(C)C.CC(C)n1c2ccccc2c2cccnc21.CC(C)n1c2ccccc2c2cccnc21.CC(C)n1c2ccccc2c2cccnc21. The molecule has 0 bridgehead atoms. The first kappa shape index (κ1) is 62.5. The van der Waals surface area contributed by atoms with Gasteiger partial charge in [0.05, 0.1) is 16.6 Å². The Kier molecular flexibility index (Phi) is 31.2. The van der Waals surface area contributed by atoms with Gasteiger partial charge in [-0.2, -0.15) is 0 Å². The first-order valence-electron chi connectivity index (χ1n) is 26.1. The first-order chi connectivity index (χ1) is 32.6. The molecule has 9 aromatic rings. The second-order valence-corrected chi connectivity index (χ2v) is 18.3. The number of hydrogen-bond donors (Lipinski definition) is 0. The highest BCUT2D eigenvalue weighted by molar-refractivity contribution is 6.08. The zero-order chi connectivity index (χ0) is 52.1. The largest absolute Gasteiger partial charge is 0.323 e. The smallest absolute Gasteiger partial charge is 0.141 e. The average Bonchev–Trinajstić information content (AvgIpc) is 3.98. The number of pyridine rings is 3. The van der Waals surface area contributed by atoms with Crippen LogP contribution in [0.4, 0.5) is 0 Å². The van der Waals surface area contributed by atoms with Gasteiger partial charge in [0.1, 0.15) is 16.9 Å². The third-order valence-electron chi connectivity index (χ3n) is 8.96. The maximum Gasteiger partial charge on any atom is 0.141 e. The van der Waals surface area contributed by atoms with Gasteiger partial charge in [0.25, 0.3) is 0 Å². The van der Waals surface area contributed by atoms with Crippen LogP contribution in [0.5, 0.6) is 0 Å². The van der Waals surface area contributed by atoms with Gasteiger partial charge in [-0.1, -0.05) is 172 Å². The number of fused-ring (bicyclic) bond motifs is 9. The van der Waals surface area contributed by atoms with Crippen LogP contribution in [0.3, 0.4) is 0 Å². The summed E-state index contributed by atoms with van der Waals surface area (Å²) in [6.07, 6.45) is 5.58. The van der Waals surface area contributed by atoms with E-state index in [2.05, 4.69) is 224 Å². The summed E-state index contributed by atoms with van der Waals surface area (Å²) in [5, 5.41) is 7.60. The Morgan fingerprint density at radius 2 is 0.441 bits per heavy atom. The molecule has 3 aromatic carbocycles. The maximum absolute atomic E-state index is 4.50. The van der Waals surface area contributed by atoms with Gasteiger partial charge in [-0.3, -0.25) is 0 Å². The van der Waals surface area contributed by atoms with Gasteiger partial charge in [-0.05, 0) is 114 Å². The lowest BCUT2D eigenvalue weighted by molar-refractivity contribution is 0.637. The Morgan fingerprint density at radius 3 is 0.632 bits per heavy atom. The highest BCUT2D eigenvalue weighted by Crippen LogP contribution is 2.32. The summed E-state index contributed by atoms with van der Waals surface area (Å²) < 4.78 is 6.89. The number of para-hydroxylation sites is 3. The van der Waals surface area contributed by atoms with Crippen molar-refractivity contribution >= 4 is 65.8 Å². The Hall–Kier alpha value is -5.49. The Bertz CT molecular complexity index is 2210. The second kappa shape index (κ2) is 33.9. The van der Waals surface area contributed by atoms with Crippen molar-refractivity contribution in [3.05, 3.63) is 128 Å². The summed E-state index contributed by atoms with van der Waals surface area (Å²) in [5.41, 5.74) is 7.06. The fourth-order valence-corrected chi connectivity index (χ4v) is 7.04. The molecule has 0 saturated heterocycles. The van der Waals surface area contributed by atoms with Crippen molar-refractivity contribution in [1.82, 2.24) is 28.7 Å². The lowest BCUT2D eigenvalue weighted by Gasteiger charge is -2.09. The predicted molar refractivity (Wildman–Crippen MR) is 310 cm³/mol. The van der Waals surface area contributed by atoms with Crippen LogP contribution in [0.15, 0.2) is 128 Å². The van der Waals surface area contributed by atoms with Gasteiger partial charge >= 0.3 is 0 Å². The highest BCUT2D eigenvalue weighted by atomic mass is 15.1. The molecular weight excluding hydrogens is 829 g/mol. The molecule has 0 aliphatic heterocycles. The Labute approximate surface area is 415 Å². The number of rotatable bonds is 3. The van der Waals surface area contributed by atoms with Crippen LogP contribution < -0.4 is 0 Å². The minimum atomic E-state index is 0.428. The fourth-order valence-electron chi connectivity index (χ4n) is 7.04. The Morgan fingerprint density at radius 1 is 0.265 bits per heavy atom. The molecule has 0 fully saturated rings. The monoisotopic (exact) mass is 925 g/mol. The summed E-state index contributed by atoms with van der Waals surface area (Å²) in [6, 6.07) is 39.2. The number of hydrogen-bond acceptors (Lipinski definition) is 3. The molecule has 9 rings (SSSR count). The highest BCUT2D eigenvalue weighted by Gasteiger charge is 2.14. The van der Waals surface area contributed by atoms with E-state index < -0.39 is 0 Å². The van der Waals surface area contributed by atoms with E-state index in [0.29, 0.717) is 18.1 Å². The zero-order valence-corrected chi connectivity index (χ0v) is 47.3. The van der Waals surface area contributed by atoms with Crippen LogP contribution in [0.2, 0.25) is 0 Å². The van der Waals surface area contributed by atoms with Crippen LogP contribution >= 0.6 is 0 Å². The minimum Gasteiger partial charge on any atom is -0.323 e. The van der Waals surface area contributed by atoms with Crippen molar-refractivity contribution in [3.63, 3.8) is 0 Å². The molecule has 0 amide bonds.